The number of nitrogens with zero attached hydrogens (tertiary/aromatic N) is 3. The highest BCUT2D eigenvalue weighted by molar-refractivity contribution is 6.30. The number of anilines is 1. The van der Waals surface area contributed by atoms with E-state index < -0.39 is 4.92 Å². The van der Waals surface area contributed by atoms with Gasteiger partial charge in [0.1, 0.15) is 0 Å². The molecule has 1 aliphatic heterocycles. The van der Waals surface area contributed by atoms with E-state index in [1.54, 1.807) is 0 Å². The van der Waals surface area contributed by atoms with Crippen LogP contribution in [0.4, 0.5) is 11.5 Å². The Morgan fingerprint density at radius 2 is 2.29 bits per heavy atom. The minimum absolute atomic E-state index is 0.0283. The van der Waals surface area contributed by atoms with Crippen LogP contribution in [0.2, 0.25) is 5.02 Å². The Bertz CT molecular complexity index is 419. The van der Waals surface area contributed by atoms with Gasteiger partial charge in [0.05, 0.1) is 9.95 Å². The van der Waals surface area contributed by atoms with Gasteiger partial charge in [-0.1, -0.05) is 11.6 Å². The molecule has 6 nitrogen and oxygen atoms in total. The molecule has 0 atom stereocenters. The first-order valence-corrected chi connectivity index (χ1v) is 5.82. The summed E-state index contributed by atoms with van der Waals surface area (Å²) >= 11 is 5.73. The van der Waals surface area contributed by atoms with Gasteiger partial charge in [0.25, 0.3) is 0 Å². The smallest absolute Gasteiger partial charge is 0.313 e. The van der Waals surface area contributed by atoms with Crippen molar-refractivity contribution in [1.29, 1.82) is 0 Å². The summed E-state index contributed by atoms with van der Waals surface area (Å²) in [5.74, 6) is 0.406. The number of aromatic nitrogens is 1. The zero-order valence-corrected chi connectivity index (χ0v) is 9.98. The van der Waals surface area contributed by atoms with Gasteiger partial charge in [-0.15, -0.1) is 0 Å². The van der Waals surface area contributed by atoms with E-state index in [1.807, 2.05) is 4.90 Å². The van der Waals surface area contributed by atoms with E-state index in [9.17, 15) is 10.1 Å². The molecule has 0 unspecified atom stereocenters. The van der Waals surface area contributed by atoms with Crippen LogP contribution in [-0.2, 0) is 0 Å². The first-order chi connectivity index (χ1) is 8.18. The van der Waals surface area contributed by atoms with Crippen molar-refractivity contribution in [2.75, 3.05) is 31.1 Å². The summed E-state index contributed by atoms with van der Waals surface area (Å²) in [6, 6.07) is 1.35. The summed E-state index contributed by atoms with van der Waals surface area (Å²) in [7, 11) is 0. The van der Waals surface area contributed by atoms with Crippen molar-refractivity contribution >= 4 is 23.1 Å². The predicted octanol–water partition coefficient (Wildman–Crippen LogP) is 1.44. The van der Waals surface area contributed by atoms with Crippen molar-refractivity contribution in [1.82, 2.24) is 10.3 Å². The van der Waals surface area contributed by atoms with Crippen molar-refractivity contribution in [2.24, 2.45) is 0 Å². The molecule has 17 heavy (non-hydrogen) atoms. The highest BCUT2D eigenvalue weighted by Gasteiger charge is 2.22. The van der Waals surface area contributed by atoms with Crippen molar-refractivity contribution < 1.29 is 4.92 Å². The maximum Gasteiger partial charge on any atom is 0.313 e. The number of pyridine rings is 1. The van der Waals surface area contributed by atoms with Crippen LogP contribution in [0.3, 0.4) is 0 Å². The Morgan fingerprint density at radius 1 is 1.47 bits per heavy atom. The molecule has 1 aromatic heterocycles. The van der Waals surface area contributed by atoms with Crippen LogP contribution in [0.1, 0.15) is 6.42 Å². The molecule has 1 saturated heterocycles. The molecule has 0 bridgehead atoms. The predicted molar refractivity (Wildman–Crippen MR) is 65.6 cm³/mol. The summed E-state index contributed by atoms with van der Waals surface area (Å²) in [4.78, 5) is 16.5. The standard InChI is InChI=1S/C10H13ClN4O2/c11-8-6-9(15(16)17)10(13-7-8)14-4-1-2-12-3-5-14/h6-7,12H,1-5H2. The van der Waals surface area contributed by atoms with Gasteiger partial charge in [-0.05, 0) is 13.0 Å². The fourth-order valence-electron chi connectivity index (χ4n) is 1.86. The molecule has 2 heterocycles. The third-order valence-electron chi connectivity index (χ3n) is 2.65. The zero-order valence-electron chi connectivity index (χ0n) is 9.23. The second-order valence-electron chi connectivity index (χ2n) is 3.84. The van der Waals surface area contributed by atoms with Crippen molar-refractivity contribution in [3.63, 3.8) is 0 Å². The van der Waals surface area contributed by atoms with Crippen LogP contribution in [0, 0.1) is 10.1 Å². The monoisotopic (exact) mass is 256 g/mol. The van der Waals surface area contributed by atoms with Gasteiger partial charge in [-0.2, -0.15) is 0 Å². The summed E-state index contributed by atoms with van der Waals surface area (Å²) in [6.45, 7) is 3.22. The number of nitro groups is 1. The first kappa shape index (κ1) is 12.1. The van der Waals surface area contributed by atoms with Crippen LogP contribution in [0.5, 0.6) is 0 Å². The molecular weight excluding hydrogens is 244 g/mol. The van der Waals surface area contributed by atoms with E-state index in [0.717, 1.165) is 32.6 Å². The molecule has 0 saturated carbocycles. The van der Waals surface area contributed by atoms with Crippen LogP contribution in [0.25, 0.3) is 0 Å². The molecule has 1 aromatic rings. The average molecular weight is 257 g/mol. The first-order valence-electron chi connectivity index (χ1n) is 5.44. The normalized spacial score (nSPS) is 16.6. The topological polar surface area (TPSA) is 71.3 Å². The molecule has 1 fully saturated rings. The lowest BCUT2D eigenvalue weighted by Gasteiger charge is -2.20. The van der Waals surface area contributed by atoms with Crippen molar-refractivity contribution in [3.05, 3.63) is 27.4 Å². The van der Waals surface area contributed by atoms with Crippen LogP contribution in [0.15, 0.2) is 12.3 Å². The average Bonchev–Trinajstić information content (AvgIpc) is 2.57. The Labute approximate surface area is 104 Å². The molecular formula is C10H13ClN4O2. The van der Waals surface area contributed by atoms with E-state index >= 15 is 0 Å². The zero-order chi connectivity index (χ0) is 12.3. The quantitative estimate of drug-likeness (QED) is 0.640. The maximum absolute atomic E-state index is 11.0. The largest absolute Gasteiger partial charge is 0.350 e. The number of halogens is 1. The number of hydrogen-bond acceptors (Lipinski definition) is 5. The Balaban J connectivity index is 2.32. The minimum Gasteiger partial charge on any atom is -0.350 e. The number of hydrogen-bond donors (Lipinski definition) is 1. The SMILES string of the molecule is O=[N+]([O-])c1cc(Cl)cnc1N1CCCNCC1. The Hall–Kier alpha value is -1.40. The van der Waals surface area contributed by atoms with E-state index in [0.29, 0.717) is 5.82 Å². The fourth-order valence-corrected chi connectivity index (χ4v) is 2.01. The highest BCUT2D eigenvalue weighted by atomic mass is 35.5. The second kappa shape index (κ2) is 5.29. The molecule has 0 amide bonds. The summed E-state index contributed by atoms with van der Waals surface area (Å²) in [5, 5.41) is 14.5. The van der Waals surface area contributed by atoms with Gasteiger partial charge < -0.3 is 10.2 Å². The van der Waals surface area contributed by atoms with E-state index in [4.69, 9.17) is 11.6 Å². The number of nitrogens with one attached hydrogen (secondary N) is 1. The number of rotatable bonds is 2. The molecule has 2 rings (SSSR count). The van der Waals surface area contributed by atoms with Crippen LogP contribution < -0.4 is 10.2 Å². The van der Waals surface area contributed by atoms with Crippen LogP contribution >= 0.6 is 11.6 Å². The summed E-state index contributed by atoms with van der Waals surface area (Å²) < 4.78 is 0. The minimum atomic E-state index is -0.438. The Morgan fingerprint density at radius 3 is 3.06 bits per heavy atom. The molecule has 0 radical (unpaired) electrons. The third kappa shape index (κ3) is 2.83. The molecule has 0 aromatic carbocycles. The molecule has 92 valence electrons. The Kier molecular flexibility index (Phi) is 3.75. The van der Waals surface area contributed by atoms with Gasteiger partial charge in [0.15, 0.2) is 0 Å². The lowest BCUT2D eigenvalue weighted by Crippen LogP contribution is -2.29. The van der Waals surface area contributed by atoms with Gasteiger partial charge in [0.2, 0.25) is 5.82 Å². The van der Waals surface area contributed by atoms with Crippen LogP contribution in [-0.4, -0.2) is 36.1 Å². The maximum atomic E-state index is 11.0. The van der Waals surface area contributed by atoms with Crippen molar-refractivity contribution in [2.45, 2.75) is 6.42 Å². The lowest BCUT2D eigenvalue weighted by atomic mass is 10.3. The lowest BCUT2D eigenvalue weighted by molar-refractivity contribution is -0.384. The molecule has 0 spiro atoms. The summed E-state index contributed by atoms with van der Waals surface area (Å²) in [6.07, 6.45) is 2.39. The van der Waals surface area contributed by atoms with E-state index in [2.05, 4.69) is 10.3 Å². The molecule has 1 aliphatic rings. The summed E-state index contributed by atoms with van der Waals surface area (Å²) in [5.41, 5.74) is -0.0283. The fraction of sp³-hybridized carbons (Fsp3) is 0.500. The van der Waals surface area contributed by atoms with Gasteiger partial charge >= 0.3 is 5.69 Å². The van der Waals surface area contributed by atoms with Gasteiger partial charge in [-0.25, -0.2) is 4.98 Å². The van der Waals surface area contributed by atoms with E-state index in [1.165, 1.54) is 12.3 Å². The van der Waals surface area contributed by atoms with Gasteiger partial charge in [-0.3, -0.25) is 10.1 Å². The highest BCUT2D eigenvalue weighted by Crippen LogP contribution is 2.28. The van der Waals surface area contributed by atoms with Crippen molar-refractivity contribution in [3.8, 4) is 0 Å². The van der Waals surface area contributed by atoms with Gasteiger partial charge in [0, 0.05) is 31.9 Å². The molecule has 0 aliphatic carbocycles. The second-order valence-corrected chi connectivity index (χ2v) is 4.28. The molecule has 7 heteroatoms. The third-order valence-corrected chi connectivity index (χ3v) is 2.86. The molecule has 1 N–H and O–H groups in total. The van der Waals surface area contributed by atoms with E-state index in [-0.39, 0.29) is 10.7 Å².